The molecule has 0 fully saturated rings. The van der Waals surface area contributed by atoms with E-state index in [-0.39, 0.29) is 5.39 Å². The van der Waals surface area contributed by atoms with Crippen molar-refractivity contribution in [1.29, 1.82) is 5.26 Å². The van der Waals surface area contributed by atoms with E-state index in [0.717, 1.165) is 6.07 Å². The molecule has 0 saturated heterocycles. The number of rotatable bonds is 4. The van der Waals surface area contributed by atoms with Gasteiger partial charge in [0.15, 0.2) is 0 Å². The van der Waals surface area contributed by atoms with Gasteiger partial charge >= 0.3 is 6.18 Å². The maximum Gasteiger partial charge on any atom is 0.417 e. The van der Waals surface area contributed by atoms with E-state index < -0.39 is 28.7 Å². The van der Waals surface area contributed by atoms with Crippen LogP contribution in [0.1, 0.15) is 29.8 Å². The molecule has 3 aromatic heterocycles. The van der Waals surface area contributed by atoms with Gasteiger partial charge in [-0.3, -0.25) is 9.36 Å². The molecule has 7 nitrogen and oxygen atoms in total. The number of nitrogens with one attached hydrogen (secondary N) is 2. The molecule has 0 aliphatic rings. The number of anilines is 1. The average Bonchev–Trinajstić information content (AvgIpc) is 3.28. The molecule has 0 radical (unpaired) electrons. The van der Waals surface area contributed by atoms with Crippen molar-refractivity contribution in [2.24, 2.45) is 0 Å². The number of para-hydroxylation sites is 1. The normalized spacial score (nSPS) is 12.5. The van der Waals surface area contributed by atoms with Crippen molar-refractivity contribution >= 4 is 27.6 Å². The quantitative estimate of drug-likeness (QED) is 0.367. The van der Waals surface area contributed by atoms with Gasteiger partial charge in [-0.15, -0.1) is 0 Å². The first-order valence-electron chi connectivity index (χ1n) is 10.6. The number of hydrogen-bond acceptors (Lipinski definition) is 5. The zero-order valence-corrected chi connectivity index (χ0v) is 18.3. The first-order chi connectivity index (χ1) is 16.8. The highest BCUT2D eigenvalue weighted by molar-refractivity contribution is 5.92. The predicted molar refractivity (Wildman–Crippen MR) is 125 cm³/mol. The SMILES string of the molecule is CC(Nc1ncnc2[nH]cc(C#N)c12)c1cc2cccc(C(F)(F)F)c2c(=O)n1-c1ccccc1. The van der Waals surface area contributed by atoms with Gasteiger partial charge in [0, 0.05) is 17.6 Å². The lowest BCUT2D eigenvalue weighted by Gasteiger charge is -2.22. The van der Waals surface area contributed by atoms with Crippen LogP contribution in [0.4, 0.5) is 19.0 Å². The fraction of sp³-hybridized carbons (Fsp3) is 0.120. The van der Waals surface area contributed by atoms with E-state index in [9.17, 15) is 23.2 Å². The van der Waals surface area contributed by atoms with Crippen LogP contribution in [0.15, 0.2) is 71.9 Å². The first-order valence-corrected chi connectivity index (χ1v) is 10.6. The monoisotopic (exact) mass is 474 g/mol. The number of benzene rings is 2. The zero-order chi connectivity index (χ0) is 24.7. The summed E-state index contributed by atoms with van der Waals surface area (Å²) in [6.07, 6.45) is -1.84. The summed E-state index contributed by atoms with van der Waals surface area (Å²) in [5, 5.41) is 12.9. The Labute approximate surface area is 196 Å². The lowest BCUT2D eigenvalue weighted by Crippen LogP contribution is -2.27. The largest absolute Gasteiger partial charge is 0.417 e. The third-order valence-corrected chi connectivity index (χ3v) is 5.78. The number of pyridine rings is 1. The molecule has 0 aliphatic heterocycles. The fourth-order valence-electron chi connectivity index (χ4n) is 4.22. The van der Waals surface area contributed by atoms with Crippen molar-refractivity contribution in [3.63, 3.8) is 0 Å². The van der Waals surface area contributed by atoms with Crippen molar-refractivity contribution in [3.8, 4) is 11.8 Å². The van der Waals surface area contributed by atoms with E-state index in [1.165, 1.54) is 29.2 Å². The second-order valence-corrected chi connectivity index (χ2v) is 7.94. The minimum atomic E-state index is -4.69. The Hall–Kier alpha value is -4.65. The Kier molecular flexibility index (Phi) is 5.25. The van der Waals surface area contributed by atoms with Gasteiger partial charge in [0.25, 0.3) is 5.56 Å². The Bertz CT molecular complexity index is 1670. The second kappa shape index (κ2) is 8.29. The summed E-state index contributed by atoms with van der Waals surface area (Å²) in [4.78, 5) is 24.9. The van der Waals surface area contributed by atoms with Crippen LogP contribution in [-0.2, 0) is 6.18 Å². The molecule has 2 aromatic carbocycles. The Morgan fingerprint density at radius 1 is 1.09 bits per heavy atom. The van der Waals surface area contributed by atoms with Crippen LogP contribution in [0, 0.1) is 11.3 Å². The molecule has 0 spiro atoms. The molecule has 3 heterocycles. The molecule has 174 valence electrons. The van der Waals surface area contributed by atoms with Gasteiger partial charge in [-0.25, -0.2) is 9.97 Å². The highest BCUT2D eigenvalue weighted by Crippen LogP contribution is 2.35. The smallest absolute Gasteiger partial charge is 0.361 e. The van der Waals surface area contributed by atoms with E-state index in [1.54, 1.807) is 43.3 Å². The Balaban J connectivity index is 1.74. The summed E-state index contributed by atoms with van der Waals surface area (Å²) in [7, 11) is 0. The number of halogens is 3. The molecule has 0 amide bonds. The Morgan fingerprint density at radius 2 is 1.86 bits per heavy atom. The number of nitrogens with zero attached hydrogens (tertiary/aromatic N) is 4. The van der Waals surface area contributed by atoms with Crippen LogP contribution >= 0.6 is 0 Å². The molecule has 1 atom stereocenters. The van der Waals surface area contributed by atoms with Crippen LogP contribution < -0.4 is 10.9 Å². The summed E-state index contributed by atoms with van der Waals surface area (Å²) in [6.45, 7) is 1.76. The highest BCUT2D eigenvalue weighted by atomic mass is 19.4. The van der Waals surface area contributed by atoms with E-state index in [4.69, 9.17) is 0 Å². The van der Waals surface area contributed by atoms with Gasteiger partial charge in [0.1, 0.15) is 23.9 Å². The number of fused-ring (bicyclic) bond motifs is 2. The van der Waals surface area contributed by atoms with E-state index >= 15 is 0 Å². The number of alkyl halides is 3. The lowest BCUT2D eigenvalue weighted by molar-refractivity contribution is -0.136. The van der Waals surface area contributed by atoms with Gasteiger partial charge in [0.05, 0.1) is 27.9 Å². The molecular weight excluding hydrogens is 457 g/mol. The van der Waals surface area contributed by atoms with Crippen LogP contribution in [0.5, 0.6) is 0 Å². The summed E-state index contributed by atoms with van der Waals surface area (Å²) in [5.74, 6) is 0.358. The van der Waals surface area contributed by atoms with Gasteiger partial charge in [-0.2, -0.15) is 18.4 Å². The van der Waals surface area contributed by atoms with Crippen LogP contribution in [0.25, 0.3) is 27.5 Å². The van der Waals surface area contributed by atoms with Gasteiger partial charge in [-0.05, 0) is 36.6 Å². The molecule has 10 heteroatoms. The molecule has 1 unspecified atom stereocenters. The van der Waals surface area contributed by atoms with Crippen molar-refractivity contribution in [1.82, 2.24) is 19.5 Å². The molecule has 0 bridgehead atoms. The van der Waals surface area contributed by atoms with Crippen LogP contribution in [0.2, 0.25) is 0 Å². The summed E-state index contributed by atoms with van der Waals surface area (Å²) in [6, 6.07) is 15.2. The summed E-state index contributed by atoms with van der Waals surface area (Å²) < 4.78 is 42.6. The van der Waals surface area contributed by atoms with Gasteiger partial charge in [-0.1, -0.05) is 30.3 Å². The fourth-order valence-corrected chi connectivity index (χ4v) is 4.22. The third kappa shape index (κ3) is 3.77. The molecule has 5 aromatic rings. The zero-order valence-electron chi connectivity index (χ0n) is 18.3. The maximum absolute atomic E-state index is 13.8. The van der Waals surface area contributed by atoms with E-state index in [1.807, 2.05) is 0 Å². The standard InChI is InChI=1S/C25H17F3N6O/c1-14(33-23-21-16(11-29)12-30-22(21)31-13-32-23)19-10-15-6-5-9-18(25(26,27)28)20(15)24(35)34(19)17-7-3-2-4-8-17/h2-10,12-14H,1H3,(H2,30,31,32,33). The van der Waals surface area contributed by atoms with E-state index in [2.05, 4.69) is 26.3 Å². The number of nitriles is 1. The number of H-pyrrole nitrogens is 1. The topological polar surface area (TPSA) is 99.4 Å². The molecule has 5 rings (SSSR count). The lowest BCUT2D eigenvalue weighted by atomic mass is 10.0. The molecule has 0 saturated carbocycles. The van der Waals surface area contributed by atoms with Crippen molar-refractivity contribution < 1.29 is 13.2 Å². The van der Waals surface area contributed by atoms with Gasteiger partial charge < -0.3 is 10.3 Å². The number of aromatic nitrogens is 4. The average molecular weight is 474 g/mol. The summed E-state index contributed by atoms with van der Waals surface area (Å²) in [5.41, 5.74) is -0.122. The highest BCUT2D eigenvalue weighted by Gasteiger charge is 2.34. The van der Waals surface area contributed by atoms with Crippen molar-refractivity contribution in [2.45, 2.75) is 19.1 Å². The minimum absolute atomic E-state index is 0.174. The minimum Gasteiger partial charge on any atom is -0.361 e. The molecule has 0 aliphatic carbocycles. The summed E-state index contributed by atoms with van der Waals surface area (Å²) >= 11 is 0. The van der Waals surface area contributed by atoms with Crippen LogP contribution in [0.3, 0.4) is 0 Å². The number of hydrogen-bond donors (Lipinski definition) is 2. The maximum atomic E-state index is 13.8. The molecule has 2 N–H and O–H groups in total. The molecular formula is C25H17F3N6O. The number of aromatic amines is 1. The van der Waals surface area contributed by atoms with Crippen molar-refractivity contribution in [3.05, 3.63) is 94.3 Å². The van der Waals surface area contributed by atoms with Gasteiger partial charge in [0.2, 0.25) is 0 Å². The predicted octanol–water partition coefficient (Wildman–Crippen LogP) is 5.33. The van der Waals surface area contributed by atoms with Crippen molar-refractivity contribution in [2.75, 3.05) is 5.32 Å². The van der Waals surface area contributed by atoms with Crippen LogP contribution in [-0.4, -0.2) is 19.5 Å². The first kappa shape index (κ1) is 22.2. The molecule has 35 heavy (non-hydrogen) atoms. The Morgan fingerprint density at radius 3 is 2.57 bits per heavy atom. The van der Waals surface area contributed by atoms with E-state index in [0.29, 0.717) is 33.8 Å². The third-order valence-electron chi connectivity index (χ3n) is 5.78. The second-order valence-electron chi connectivity index (χ2n) is 7.94.